The number of para-hydroxylation sites is 1. The van der Waals surface area contributed by atoms with Crippen LogP contribution < -0.4 is 4.72 Å². The van der Waals surface area contributed by atoms with Crippen LogP contribution in [0.1, 0.15) is 10.4 Å². The fourth-order valence-electron chi connectivity index (χ4n) is 1.47. The fraction of sp³-hybridized carbons (Fsp3) is 0.0833. The summed E-state index contributed by atoms with van der Waals surface area (Å²) in [6, 6.07) is 8.88. The first-order valence-corrected chi connectivity index (χ1v) is 7.52. The van der Waals surface area contributed by atoms with Crippen molar-refractivity contribution in [3.8, 4) is 6.07 Å². The average molecular weight is 296 g/mol. The van der Waals surface area contributed by atoms with Crippen LogP contribution in [-0.4, -0.2) is 8.42 Å². The lowest BCUT2D eigenvalue weighted by Crippen LogP contribution is -2.13. The number of nitrogens with zero attached hydrogens (tertiary/aromatic N) is 1. The van der Waals surface area contributed by atoms with Crippen molar-refractivity contribution in [3.05, 3.63) is 46.6 Å². The number of aryl methyl sites for hydroxylation is 1. The largest absolute Gasteiger partial charge is 0.276 e. The van der Waals surface area contributed by atoms with Gasteiger partial charge in [0, 0.05) is 0 Å². The third-order valence-corrected chi connectivity index (χ3v) is 5.25. The second-order valence-corrected chi connectivity index (χ2v) is 6.76. The van der Waals surface area contributed by atoms with Crippen LogP contribution in [0.3, 0.4) is 0 Å². The zero-order valence-corrected chi connectivity index (χ0v) is 11.5. The summed E-state index contributed by atoms with van der Waals surface area (Å²) in [6.45, 7) is 1.61. The Kier molecular flexibility index (Phi) is 3.55. The normalized spacial score (nSPS) is 11.0. The van der Waals surface area contributed by atoms with Gasteiger partial charge in [0.2, 0.25) is 0 Å². The second kappa shape index (κ2) is 4.99. The number of sulfonamides is 1. The molecule has 0 amide bonds. The summed E-state index contributed by atoms with van der Waals surface area (Å²) < 4.78 is 39.9. The number of anilines is 1. The number of thiophene rings is 1. The Bertz CT molecular complexity index is 740. The minimum absolute atomic E-state index is 0.0216. The van der Waals surface area contributed by atoms with Crippen molar-refractivity contribution in [1.82, 2.24) is 0 Å². The van der Waals surface area contributed by atoms with Gasteiger partial charge in [-0.25, -0.2) is 12.8 Å². The maximum absolute atomic E-state index is 13.6. The molecule has 1 aromatic carbocycles. The van der Waals surface area contributed by atoms with Crippen molar-refractivity contribution >= 4 is 27.0 Å². The van der Waals surface area contributed by atoms with E-state index in [-0.39, 0.29) is 14.8 Å². The second-order valence-electron chi connectivity index (χ2n) is 3.77. The molecule has 7 heteroatoms. The predicted octanol–water partition coefficient (Wildman–Crippen LogP) is 2.87. The Morgan fingerprint density at radius 3 is 2.63 bits per heavy atom. The van der Waals surface area contributed by atoms with Crippen molar-refractivity contribution in [1.29, 1.82) is 5.26 Å². The first-order chi connectivity index (χ1) is 8.94. The zero-order chi connectivity index (χ0) is 14.0. The molecule has 0 unspecified atom stereocenters. The summed E-state index contributed by atoms with van der Waals surface area (Å²) in [6.07, 6.45) is 0. The molecule has 0 radical (unpaired) electrons. The minimum Gasteiger partial charge on any atom is -0.276 e. The molecule has 4 nitrogen and oxygen atoms in total. The van der Waals surface area contributed by atoms with Gasteiger partial charge < -0.3 is 0 Å². The Morgan fingerprint density at radius 2 is 2.05 bits per heavy atom. The quantitative estimate of drug-likeness (QED) is 0.946. The van der Waals surface area contributed by atoms with Crippen molar-refractivity contribution in [2.75, 3.05) is 4.72 Å². The van der Waals surface area contributed by atoms with Crippen LogP contribution in [0.15, 0.2) is 34.5 Å². The van der Waals surface area contributed by atoms with Crippen molar-refractivity contribution < 1.29 is 12.8 Å². The maximum atomic E-state index is 13.6. The molecule has 0 bridgehead atoms. The van der Waals surface area contributed by atoms with E-state index in [0.29, 0.717) is 5.56 Å². The minimum atomic E-state index is -3.87. The van der Waals surface area contributed by atoms with Gasteiger partial charge >= 0.3 is 0 Å². The van der Waals surface area contributed by atoms with Gasteiger partial charge in [0.05, 0.1) is 5.69 Å². The lowest BCUT2D eigenvalue weighted by Gasteiger charge is -2.09. The summed E-state index contributed by atoms with van der Waals surface area (Å²) in [4.78, 5) is 0.283. The summed E-state index contributed by atoms with van der Waals surface area (Å²) in [5, 5.41) is 8.68. The number of hydrogen-bond donors (Lipinski definition) is 1. The topological polar surface area (TPSA) is 70.0 Å². The van der Waals surface area contributed by atoms with E-state index in [2.05, 4.69) is 4.72 Å². The molecule has 0 saturated heterocycles. The van der Waals surface area contributed by atoms with E-state index in [9.17, 15) is 12.8 Å². The van der Waals surface area contributed by atoms with E-state index in [1.54, 1.807) is 13.0 Å². The summed E-state index contributed by atoms with van der Waals surface area (Å²) in [5.41, 5.74) is 0.412. The lowest BCUT2D eigenvalue weighted by atomic mass is 10.2. The van der Waals surface area contributed by atoms with Gasteiger partial charge in [0.15, 0.2) is 0 Å². The zero-order valence-electron chi connectivity index (χ0n) is 9.84. The molecule has 0 aliphatic heterocycles. The molecule has 0 fully saturated rings. The molecule has 2 aromatic rings. The molecular weight excluding hydrogens is 287 g/mol. The van der Waals surface area contributed by atoms with Crippen LogP contribution in [0.25, 0.3) is 0 Å². The van der Waals surface area contributed by atoms with Crippen LogP contribution in [0.2, 0.25) is 0 Å². The SMILES string of the molecule is Cc1cccc(F)c1NS(=O)(=O)c1ccc(C#N)s1. The first-order valence-electron chi connectivity index (χ1n) is 5.22. The number of halogens is 1. The lowest BCUT2D eigenvalue weighted by molar-refractivity contribution is 0.600. The number of rotatable bonds is 3. The molecule has 0 aliphatic rings. The van der Waals surface area contributed by atoms with Crippen molar-refractivity contribution in [3.63, 3.8) is 0 Å². The Hall–Kier alpha value is -1.91. The Labute approximate surface area is 114 Å². The van der Waals surface area contributed by atoms with Gasteiger partial charge in [0.25, 0.3) is 10.0 Å². The molecule has 0 spiro atoms. The fourth-order valence-corrected chi connectivity index (χ4v) is 3.71. The maximum Gasteiger partial charge on any atom is 0.271 e. The molecular formula is C12H9FN2O2S2. The van der Waals surface area contributed by atoms with Crippen molar-refractivity contribution in [2.24, 2.45) is 0 Å². The van der Waals surface area contributed by atoms with Gasteiger partial charge in [-0.2, -0.15) is 5.26 Å². The smallest absolute Gasteiger partial charge is 0.271 e. The van der Waals surface area contributed by atoms with E-state index in [4.69, 9.17) is 5.26 Å². The number of benzene rings is 1. The van der Waals surface area contributed by atoms with E-state index in [1.807, 2.05) is 6.07 Å². The van der Waals surface area contributed by atoms with Crippen LogP contribution >= 0.6 is 11.3 Å². The van der Waals surface area contributed by atoms with Crippen LogP contribution in [-0.2, 0) is 10.0 Å². The van der Waals surface area contributed by atoms with Gasteiger partial charge in [-0.1, -0.05) is 12.1 Å². The van der Waals surface area contributed by atoms with Crippen LogP contribution in [0.4, 0.5) is 10.1 Å². The highest BCUT2D eigenvalue weighted by atomic mass is 32.2. The Balaban J connectivity index is 2.40. The molecule has 98 valence electrons. The third kappa shape index (κ3) is 2.75. The summed E-state index contributed by atoms with van der Waals surface area (Å²) >= 11 is 0.837. The first kappa shape index (κ1) is 13.5. The van der Waals surface area contributed by atoms with E-state index in [1.165, 1.54) is 24.3 Å². The molecule has 1 N–H and O–H groups in total. The van der Waals surface area contributed by atoms with Gasteiger partial charge in [-0.3, -0.25) is 4.72 Å². The molecule has 0 aliphatic carbocycles. The standard InChI is InChI=1S/C12H9FN2O2S2/c1-8-3-2-4-10(13)12(8)15-19(16,17)11-6-5-9(7-14)18-11/h2-6,15H,1H3. The highest BCUT2D eigenvalue weighted by Gasteiger charge is 2.19. The van der Waals surface area contributed by atoms with Gasteiger partial charge in [-0.05, 0) is 30.7 Å². The van der Waals surface area contributed by atoms with Gasteiger partial charge in [-0.15, -0.1) is 11.3 Å². The Morgan fingerprint density at radius 1 is 1.32 bits per heavy atom. The number of nitrogens with one attached hydrogen (secondary N) is 1. The van der Waals surface area contributed by atoms with E-state index < -0.39 is 15.8 Å². The predicted molar refractivity (Wildman–Crippen MR) is 71.0 cm³/mol. The molecule has 1 heterocycles. The van der Waals surface area contributed by atoms with Crippen LogP contribution in [0, 0.1) is 24.1 Å². The van der Waals surface area contributed by atoms with Crippen LogP contribution in [0.5, 0.6) is 0 Å². The van der Waals surface area contributed by atoms with Gasteiger partial charge in [0.1, 0.15) is 21.0 Å². The summed E-state index contributed by atoms with van der Waals surface area (Å²) in [5.74, 6) is -0.638. The number of nitriles is 1. The van der Waals surface area contributed by atoms with Crippen molar-refractivity contribution in [2.45, 2.75) is 11.1 Å². The summed E-state index contributed by atoms with van der Waals surface area (Å²) in [7, 11) is -3.87. The molecule has 2 rings (SSSR count). The van der Waals surface area contributed by atoms with E-state index in [0.717, 1.165) is 11.3 Å². The number of hydrogen-bond acceptors (Lipinski definition) is 4. The molecule has 0 saturated carbocycles. The molecule has 19 heavy (non-hydrogen) atoms. The molecule has 1 aromatic heterocycles. The highest BCUT2D eigenvalue weighted by Crippen LogP contribution is 2.26. The molecule has 0 atom stereocenters. The highest BCUT2D eigenvalue weighted by molar-refractivity contribution is 7.94. The third-order valence-electron chi connectivity index (χ3n) is 2.41. The average Bonchev–Trinajstić information content (AvgIpc) is 2.83. The monoisotopic (exact) mass is 296 g/mol. The van der Waals surface area contributed by atoms with E-state index >= 15 is 0 Å².